The van der Waals surface area contributed by atoms with Crippen LogP contribution in [0.15, 0.2) is 22.7 Å². The average Bonchev–Trinajstić information content (AvgIpc) is 2.03. The summed E-state index contributed by atoms with van der Waals surface area (Å²) >= 11 is 3.43. The fraction of sp³-hybridized carbons (Fsp3) is 0.333. The highest BCUT2D eigenvalue weighted by molar-refractivity contribution is 9.10. The largest absolute Gasteiger partial charge is 0.399 e. The lowest BCUT2D eigenvalue weighted by Gasteiger charge is -2.07. The van der Waals surface area contributed by atoms with Crippen molar-refractivity contribution in [3.05, 3.63) is 22.7 Å². The van der Waals surface area contributed by atoms with Gasteiger partial charge in [0.25, 0.3) is 0 Å². The van der Waals surface area contributed by atoms with Gasteiger partial charge in [-0.15, -0.1) is 0 Å². The van der Waals surface area contributed by atoms with E-state index in [1.807, 2.05) is 18.2 Å². The van der Waals surface area contributed by atoms with Crippen molar-refractivity contribution in [3.63, 3.8) is 0 Å². The van der Waals surface area contributed by atoms with Gasteiger partial charge in [-0.1, -0.05) is 6.92 Å². The number of rotatable bonds is 3. The van der Waals surface area contributed by atoms with Crippen molar-refractivity contribution in [2.75, 3.05) is 17.6 Å². The number of nitrogens with one attached hydrogen (secondary N) is 1. The van der Waals surface area contributed by atoms with Gasteiger partial charge >= 0.3 is 0 Å². The van der Waals surface area contributed by atoms with E-state index in [0.29, 0.717) is 0 Å². The normalized spacial score (nSPS) is 9.83. The molecule has 3 heteroatoms. The molecule has 0 fully saturated rings. The Kier molecular flexibility index (Phi) is 3.41. The van der Waals surface area contributed by atoms with Crippen molar-refractivity contribution < 1.29 is 0 Å². The molecule has 0 unspecified atom stereocenters. The number of halogens is 1. The Bertz CT molecular complexity index is 261. The monoisotopic (exact) mass is 228 g/mol. The molecule has 0 aliphatic carbocycles. The molecule has 2 nitrogen and oxygen atoms in total. The molecule has 0 saturated heterocycles. The van der Waals surface area contributed by atoms with Gasteiger partial charge in [0.2, 0.25) is 0 Å². The molecular weight excluding hydrogens is 216 g/mol. The summed E-state index contributed by atoms with van der Waals surface area (Å²) in [5, 5.41) is 3.29. The molecule has 0 heterocycles. The fourth-order valence-electron chi connectivity index (χ4n) is 0.934. The van der Waals surface area contributed by atoms with Crippen LogP contribution in [0.1, 0.15) is 13.3 Å². The summed E-state index contributed by atoms with van der Waals surface area (Å²) in [6.45, 7) is 3.13. The van der Waals surface area contributed by atoms with Gasteiger partial charge < -0.3 is 11.1 Å². The lowest BCUT2D eigenvalue weighted by molar-refractivity contribution is 0.979. The summed E-state index contributed by atoms with van der Waals surface area (Å²) in [7, 11) is 0. The van der Waals surface area contributed by atoms with Gasteiger partial charge in [0.1, 0.15) is 0 Å². The summed E-state index contributed by atoms with van der Waals surface area (Å²) in [5.74, 6) is 0. The van der Waals surface area contributed by atoms with Gasteiger partial charge in [-0.3, -0.25) is 0 Å². The van der Waals surface area contributed by atoms with E-state index in [0.717, 1.165) is 28.8 Å². The van der Waals surface area contributed by atoms with Crippen LogP contribution in [0, 0.1) is 0 Å². The maximum absolute atomic E-state index is 5.60. The molecule has 0 aliphatic heterocycles. The fourth-order valence-corrected chi connectivity index (χ4v) is 1.47. The molecule has 0 bridgehead atoms. The molecule has 1 aromatic carbocycles. The third kappa shape index (κ3) is 2.41. The van der Waals surface area contributed by atoms with Crippen molar-refractivity contribution in [2.45, 2.75) is 13.3 Å². The lowest BCUT2D eigenvalue weighted by Crippen LogP contribution is -2.00. The predicted molar refractivity (Wildman–Crippen MR) is 57.3 cm³/mol. The number of benzene rings is 1. The first-order valence-electron chi connectivity index (χ1n) is 4.03. The summed E-state index contributed by atoms with van der Waals surface area (Å²) in [6, 6.07) is 5.77. The molecule has 1 aromatic rings. The highest BCUT2D eigenvalue weighted by atomic mass is 79.9. The van der Waals surface area contributed by atoms with E-state index in [2.05, 4.69) is 28.2 Å². The zero-order chi connectivity index (χ0) is 8.97. The van der Waals surface area contributed by atoms with E-state index >= 15 is 0 Å². The Balaban J connectivity index is 2.72. The molecule has 1 rings (SSSR count). The highest BCUT2D eigenvalue weighted by Crippen LogP contribution is 2.24. The quantitative estimate of drug-likeness (QED) is 0.782. The summed E-state index contributed by atoms with van der Waals surface area (Å²) in [4.78, 5) is 0. The van der Waals surface area contributed by atoms with Gasteiger partial charge in [0, 0.05) is 22.4 Å². The first-order valence-corrected chi connectivity index (χ1v) is 4.82. The van der Waals surface area contributed by atoms with E-state index in [4.69, 9.17) is 5.73 Å². The lowest BCUT2D eigenvalue weighted by atomic mass is 10.3. The van der Waals surface area contributed by atoms with E-state index in [1.165, 1.54) is 0 Å². The van der Waals surface area contributed by atoms with Crippen molar-refractivity contribution in [3.8, 4) is 0 Å². The number of nitrogens with two attached hydrogens (primary N) is 1. The first kappa shape index (κ1) is 9.39. The van der Waals surface area contributed by atoms with Crippen molar-refractivity contribution in [1.82, 2.24) is 0 Å². The molecule has 0 saturated carbocycles. The zero-order valence-corrected chi connectivity index (χ0v) is 8.69. The van der Waals surface area contributed by atoms with Crippen molar-refractivity contribution in [2.24, 2.45) is 0 Å². The van der Waals surface area contributed by atoms with Crippen LogP contribution in [0.25, 0.3) is 0 Å². The summed E-state index contributed by atoms with van der Waals surface area (Å²) < 4.78 is 1.02. The third-order valence-corrected chi connectivity index (χ3v) is 2.21. The SMILES string of the molecule is CCCNc1ccc(N)cc1Br. The highest BCUT2D eigenvalue weighted by Gasteiger charge is 1.97. The Labute approximate surface area is 81.3 Å². The first-order chi connectivity index (χ1) is 5.74. The predicted octanol–water partition coefficient (Wildman–Crippen LogP) is 2.85. The Morgan fingerprint density at radius 2 is 2.25 bits per heavy atom. The number of anilines is 2. The minimum absolute atomic E-state index is 0.781. The van der Waals surface area contributed by atoms with Gasteiger partial charge in [0.05, 0.1) is 0 Å². The van der Waals surface area contributed by atoms with Gasteiger partial charge in [0.15, 0.2) is 0 Å². The number of hydrogen-bond donors (Lipinski definition) is 2. The smallest absolute Gasteiger partial charge is 0.0486 e. The van der Waals surface area contributed by atoms with E-state index in [-0.39, 0.29) is 0 Å². The Morgan fingerprint density at radius 1 is 1.50 bits per heavy atom. The molecule has 0 aliphatic rings. The van der Waals surface area contributed by atoms with Crippen molar-refractivity contribution in [1.29, 1.82) is 0 Å². The minimum atomic E-state index is 0.781. The van der Waals surface area contributed by atoms with Gasteiger partial charge in [-0.2, -0.15) is 0 Å². The maximum atomic E-state index is 5.60. The number of nitrogen functional groups attached to an aromatic ring is 1. The second-order valence-electron chi connectivity index (χ2n) is 2.67. The summed E-state index contributed by atoms with van der Waals surface area (Å²) in [5.41, 5.74) is 7.48. The van der Waals surface area contributed by atoms with Crippen molar-refractivity contribution >= 4 is 27.3 Å². The van der Waals surface area contributed by atoms with E-state index < -0.39 is 0 Å². The van der Waals surface area contributed by atoms with Crippen LogP contribution in [-0.2, 0) is 0 Å². The molecule has 66 valence electrons. The molecule has 0 radical (unpaired) electrons. The van der Waals surface area contributed by atoms with Gasteiger partial charge in [-0.25, -0.2) is 0 Å². The zero-order valence-electron chi connectivity index (χ0n) is 7.10. The summed E-state index contributed by atoms with van der Waals surface area (Å²) in [6.07, 6.45) is 1.12. The molecular formula is C9H13BrN2. The van der Waals surface area contributed by atoms with Crippen LogP contribution in [-0.4, -0.2) is 6.54 Å². The van der Waals surface area contributed by atoms with Crippen LogP contribution in [0.3, 0.4) is 0 Å². The molecule has 0 atom stereocenters. The molecule has 12 heavy (non-hydrogen) atoms. The minimum Gasteiger partial charge on any atom is -0.399 e. The van der Waals surface area contributed by atoms with E-state index in [1.54, 1.807) is 0 Å². The Morgan fingerprint density at radius 3 is 2.83 bits per heavy atom. The number of hydrogen-bond acceptors (Lipinski definition) is 2. The second-order valence-corrected chi connectivity index (χ2v) is 3.52. The third-order valence-electron chi connectivity index (χ3n) is 1.56. The maximum Gasteiger partial charge on any atom is 0.0486 e. The molecule has 3 N–H and O–H groups in total. The average molecular weight is 229 g/mol. The second kappa shape index (κ2) is 4.36. The Hall–Kier alpha value is -0.700. The van der Waals surface area contributed by atoms with Crippen LogP contribution in [0.4, 0.5) is 11.4 Å². The molecule has 0 amide bonds. The molecule has 0 aromatic heterocycles. The van der Waals surface area contributed by atoms with Gasteiger partial charge in [-0.05, 0) is 40.5 Å². The van der Waals surface area contributed by atoms with Crippen LogP contribution in [0.5, 0.6) is 0 Å². The van der Waals surface area contributed by atoms with Crippen LogP contribution in [0.2, 0.25) is 0 Å². The molecule has 0 spiro atoms. The topological polar surface area (TPSA) is 38.0 Å². The van der Waals surface area contributed by atoms with Crippen LogP contribution < -0.4 is 11.1 Å². The van der Waals surface area contributed by atoms with E-state index in [9.17, 15) is 0 Å². The standard InChI is InChI=1S/C9H13BrN2/c1-2-5-12-9-4-3-7(11)6-8(9)10/h3-4,6,12H,2,5,11H2,1H3. The van der Waals surface area contributed by atoms with Crippen LogP contribution >= 0.6 is 15.9 Å².